The van der Waals surface area contributed by atoms with Crippen molar-refractivity contribution in [1.82, 2.24) is 15.1 Å². The molecule has 1 aliphatic heterocycles. The third-order valence-electron chi connectivity index (χ3n) is 3.40. The average Bonchev–Trinajstić information content (AvgIpc) is 2.30. The number of rotatable bonds is 6. The fourth-order valence-corrected chi connectivity index (χ4v) is 2.34. The summed E-state index contributed by atoms with van der Waals surface area (Å²) < 4.78 is 0. The van der Waals surface area contributed by atoms with Crippen LogP contribution < -0.4 is 5.32 Å². The van der Waals surface area contributed by atoms with Gasteiger partial charge >= 0.3 is 0 Å². The van der Waals surface area contributed by atoms with Crippen molar-refractivity contribution in [3.8, 4) is 0 Å². The van der Waals surface area contributed by atoms with Crippen molar-refractivity contribution in [3.05, 3.63) is 0 Å². The Bertz CT molecular complexity index is 225. The minimum absolute atomic E-state index is 0.234. The summed E-state index contributed by atoms with van der Waals surface area (Å²) in [6.45, 7) is 4.51. The summed E-state index contributed by atoms with van der Waals surface area (Å²) in [7, 11) is 5.80. The number of nitrogens with one attached hydrogen (secondary N) is 1. The van der Waals surface area contributed by atoms with E-state index >= 15 is 0 Å². The first-order valence-corrected chi connectivity index (χ1v) is 6.69. The molecule has 1 N–H and O–H groups in total. The SMILES string of the molecule is CN(CCCC(=O)N(C)C)CC1CCCNC1. The van der Waals surface area contributed by atoms with E-state index in [2.05, 4.69) is 17.3 Å². The summed E-state index contributed by atoms with van der Waals surface area (Å²) in [4.78, 5) is 15.4. The third kappa shape index (κ3) is 6.03. The van der Waals surface area contributed by atoms with Gasteiger partial charge in [-0.25, -0.2) is 0 Å². The maximum Gasteiger partial charge on any atom is 0.222 e. The summed E-state index contributed by atoms with van der Waals surface area (Å²) in [5, 5.41) is 3.44. The molecule has 0 aromatic rings. The smallest absolute Gasteiger partial charge is 0.222 e. The topological polar surface area (TPSA) is 35.6 Å². The molecule has 1 saturated heterocycles. The molecule has 0 saturated carbocycles. The van der Waals surface area contributed by atoms with Gasteiger partial charge in [-0.2, -0.15) is 0 Å². The zero-order valence-electron chi connectivity index (χ0n) is 11.5. The van der Waals surface area contributed by atoms with Crippen molar-refractivity contribution < 1.29 is 4.79 Å². The standard InChI is InChI=1S/C13H27N3O/c1-15(2)13(17)7-5-9-16(3)11-12-6-4-8-14-10-12/h12,14H,4-11H2,1-3H3. The Hall–Kier alpha value is -0.610. The minimum atomic E-state index is 0.234. The molecule has 1 aliphatic rings. The van der Waals surface area contributed by atoms with Crippen LogP contribution in [0.5, 0.6) is 0 Å². The molecule has 0 bridgehead atoms. The maximum absolute atomic E-state index is 11.4. The zero-order valence-corrected chi connectivity index (χ0v) is 11.5. The molecule has 0 spiro atoms. The van der Waals surface area contributed by atoms with E-state index in [1.54, 1.807) is 4.90 Å². The van der Waals surface area contributed by atoms with Gasteiger partial charge in [-0.3, -0.25) is 4.79 Å². The quantitative estimate of drug-likeness (QED) is 0.747. The van der Waals surface area contributed by atoms with Crippen LogP contribution in [0.15, 0.2) is 0 Å². The van der Waals surface area contributed by atoms with Gasteiger partial charge < -0.3 is 15.1 Å². The minimum Gasteiger partial charge on any atom is -0.349 e. The van der Waals surface area contributed by atoms with Gasteiger partial charge in [0, 0.05) is 27.1 Å². The first-order valence-electron chi connectivity index (χ1n) is 6.69. The molecule has 0 aromatic carbocycles. The maximum atomic E-state index is 11.4. The van der Waals surface area contributed by atoms with E-state index in [0.29, 0.717) is 6.42 Å². The van der Waals surface area contributed by atoms with E-state index in [0.717, 1.165) is 32.0 Å². The molecular formula is C13H27N3O. The van der Waals surface area contributed by atoms with Gasteiger partial charge in [0.2, 0.25) is 5.91 Å². The predicted octanol–water partition coefficient (Wildman–Crippen LogP) is 0.786. The summed E-state index contributed by atoms with van der Waals surface area (Å²) in [5.74, 6) is 1.02. The molecule has 0 aliphatic carbocycles. The second-order valence-electron chi connectivity index (χ2n) is 5.37. The largest absolute Gasteiger partial charge is 0.349 e. The first kappa shape index (κ1) is 14.5. The highest BCUT2D eigenvalue weighted by molar-refractivity contribution is 5.75. The average molecular weight is 241 g/mol. The van der Waals surface area contributed by atoms with Crippen molar-refractivity contribution in [2.75, 3.05) is 47.3 Å². The van der Waals surface area contributed by atoms with Gasteiger partial charge in [-0.05, 0) is 51.9 Å². The molecule has 17 heavy (non-hydrogen) atoms. The molecule has 1 amide bonds. The Labute approximate surface area is 105 Å². The van der Waals surface area contributed by atoms with Crippen LogP contribution in [0.4, 0.5) is 0 Å². The van der Waals surface area contributed by atoms with E-state index < -0.39 is 0 Å². The normalized spacial score (nSPS) is 20.6. The molecule has 1 unspecified atom stereocenters. The van der Waals surface area contributed by atoms with Gasteiger partial charge in [0.15, 0.2) is 0 Å². The fraction of sp³-hybridized carbons (Fsp3) is 0.923. The molecule has 0 radical (unpaired) electrons. The van der Waals surface area contributed by atoms with Crippen LogP contribution in [0.3, 0.4) is 0 Å². The highest BCUT2D eigenvalue weighted by Gasteiger charge is 2.14. The molecule has 1 heterocycles. The number of piperidine rings is 1. The molecular weight excluding hydrogens is 214 g/mol. The zero-order chi connectivity index (χ0) is 12.7. The molecule has 1 rings (SSSR count). The molecule has 4 nitrogen and oxygen atoms in total. The number of carbonyl (C=O) groups excluding carboxylic acids is 1. The molecule has 4 heteroatoms. The van der Waals surface area contributed by atoms with Gasteiger partial charge in [0.25, 0.3) is 0 Å². The Kier molecular flexibility index (Phi) is 6.52. The monoisotopic (exact) mass is 241 g/mol. The van der Waals surface area contributed by atoms with Crippen LogP contribution in [-0.4, -0.2) is 63.0 Å². The van der Waals surface area contributed by atoms with Crippen molar-refractivity contribution in [2.24, 2.45) is 5.92 Å². The van der Waals surface area contributed by atoms with Gasteiger partial charge in [-0.15, -0.1) is 0 Å². The molecule has 1 fully saturated rings. The van der Waals surface area contributed by atoms with Crippen LogP contribution in [0.2, 0.25) is 0 Å². The highest BCUT2D eigenvalue weighted by atomic mass is 16.2. The number of hydrogen-bond donors (Lipinski definition) is 1. The van der Waals surface area contributed by atoms with Crippen LogP contribution in [0.25, 0.3) is 0 Å². The number of carbonyl (C=O) groups is 1. The fourth-order valence-electron chi connectivity index (χ4n) is 2.34. The van der Waals surface area contributed by atoms with Crippen LogP contribution in [0.1, 0.15) is 25.7 Å². The van der Waals surface area contributed by atoms with E-state index in [-0.39, 0.29) is 5.91 Å². The molecule has 1 atom stereocenters. The highest BCUT2D eigenvalue weighted by Crippen LogP contribution is 2.11. The van der Waals surface area contributed by atoms with Crippen LogP contribution in [0, 0.1) is 5.92 Å². The van der Waals surface area contributed by atoms with Crippen LogP contribution >= 0.6 is 0 Å². The summed E-state index contributed by atoms with van der Waals surface area (Å²) in [6, 6.07) is 0. The number of amides is 1. The van der Waals surface area contributed by atoms with Gasteiger partial charge in [-0.1, -0.05) is 0 Å². The van der Waals surface area contributed by atoms with Crippen molar-refractivity contribution in [3.63, 3.8) is 0 Å². The lowest BCUT2D eigenvalue weighted by Gasteiger charge is -2.27. The van der Waals surface area contributed by atoms with E-state index in [9.17, 15) is 4.79 Å². The van der Waals surface area contributed by atoms with E-state index in [4.69, 9.17) is 0 Å². The van der Waals surface area contributed by atoms with E-state index in [1.807, 2.05) is 14.1 Å². The van der Waals surface area contributed by atoms with E-state index in [1.165, 1.54) is 19.4 Å². The lowest BCUT2D eigenvalue weighted by molar-refractivity contribution is -0.128. The van der Waals surface area contributed by atoms with Gasteiger partial charge in [0.1, 0.15) is 0 Å². The van der Waals surface area contributed by atoms with Crippen molar-refractivity contribution in [1.29, 1.82) is 0 Å². The Morgan fingerprint density at radius 1 is 1.35 bits per heavy atom. The van der Waals surface area contributed by atoms with Crippen LogP contribution in [-0.2, 0) is 4.79 Å². The summed E-state index contributed by atoms with van der Waals surface area (Å²) >= 11 is 0. The summed E-state index contributed by atoms with van der Waals surface area (Å²) in [6.07, 6.45) is 4.28. The van der Waals surface area contributed by atoms with Crippen molar-refractivity contribution in [2.45, 2.75) is 25.7 Å². The lowest BCUT2D eigenvalue weighted by atomic mass is 9.99. The second-order valence-corrected chi connectivity index (χ2v) is 5.37. The Morgan fingerprint density at radius 3 is 2.71 bits per heavy atom. The lowest BCUT2D eigenvalue weighted by Crippen LogP contribution is -2.37. The van der Waals surface area contributed by atoms with Gasteiger partial charge in [0.05, 0.1) is 0 Å². The number of hydrogen-bond acceptors (Lipinski definition) is 3. The first-order chi connectivity index (χ1) is 8.09. The number of nitrogens with zero attached hydrogens (tertiary/aromatic N) is 2. The molecule has 0 aromatic heterocycles. The molecule has 100 valence electrons. The Morgan fingerprint density at radius 2 is 2.12 bits per heavy atom. The Balaban J connectivity index is 2.08. The summed E-state index contributed by atoms with van der Waals surface area (Å²) in [5.41, 5.74) is 0. The predicted molar refractivity (Wildman–Crippen MR) is 71.0 cm³/mol. The second kappa shape index (κ2) is 7.67. The van der Waals surface area contributed by atoms with Crippen molar-refractivity contribution >= 4 is 5.91 Å². The third-order valence-corrected chi connectivity index (χ3v) is 3.40.